The summed E-state index contributed by atoms with van der Waals surface area (Å²) in [4.78, 5) is 41.2. The van der Waals surface area contributed by atoms with Crippen molar-refractivity contribution >= 4 is 40.7 Å². The quantitative estimate of drug-likeness (QED) is 0.590. The maximum atomic E-state index is 14.0. The highest BCUT2D eigenvalue weighted by molar-refractivity contribution is 6.30. The van der Waals surface area contributed by atoms with Crippen LogP contribution in [-0.4, -0.2) is 78.0 Å². The SMILES string of the molecule is CC(C)NCC[C@@H](C(=O)N1C2CCC1CN(c1ncnc3c1N(C)CC(=O)N3)C2)c1ccc(Cl)cc1. The van der Waals surface area contributed by atoms with Crippen LogP contribution in [0.1, 0.15) is 44.6 Å². The monoisotopic (exact) mass is 511 g/mol. The molecule has 5 rings (SSSR count). The fraction of sp³-hybridized carbons (Fsp3) is 0.538. The molecule has 3 aliphatic rings. The topological polar surface area (TPSA) is 93.7 Å². The van der Waals surface area contributed by atoms with E-state index >= 15 is 0 Å². The van der Waals surface area contributed by atoms with Crippen LogP contribution in [0.3, 0.4) is 0 Å². The van der Waals surface area contributed by atoms with E-state index in [-0.39, 0.29) is 36.4 Å². The van der Waals surface area contributed by atoms with Crippen LogP contribution in [0.4, 0.5) is 17.3 Å². The summed E-state index contributed by atoms with van der Waals surface area (Å²) in [6, 6.07) is 8.31. The summed E-state index contributed by atoms with van der Waals surface area (Å²) < 4.78 is 0. The molecule has 3 atom stereocenters. The number of likely N-dealkylation sites (N-methyl/N-ethyl adjacent to an activating group) is 1. The average molecular weight is 512 g/mol. The van der Waals surface area contributed by atoms with Crippen molar-refractivity contribution in [3.8, 4) is 0 Å². The molecular formula is C26H34ClN7O2. The number of nitrogens with zero attached hydrogens (tertiary/aromatic N) is 5. The molecule has 0 radical (unpaired) electrons. The number of hydrogen-bond donors (Lipinski definition) is 2. The molecule has 2 unspecified atom stereocenters. The lowest BCUT2D eigenvalue weighted by Gasteiger charge is -2.44. The largest absolute Gasteiger partial charge is 0.359 e. The molecule has 3 aliphatic heterocycles. The van der Waals surface area contributed by atoms with Crippen LogP contribution in [0, 0.1) is 0 Å². The number of rotatable bonds is 7. The first kappa shape index (κ1) is 24.8. The third-order valence-electron chi connectivity index (χ3n) is 7.42. The molecule has 2 saturated heterocycles. The van der Waals surface area contributed by atoms with E-state index in [1.807, 2.05) is 36.2 Å². The Bertz CT molecular complexity index is 1110. The lowest BCUT2D eigenvalue weighted by atomic mass is 9.93. The number of carbonyl (C=O) groups excluding carboxylic acids is 2. The van der Waals surface area contributed by atoms with E-state index in [0.29, 0.717) is 30.0 Å². The minimum atomic E-state index is -0.212. The van der Waals surface area contributed by atoms with Crippen LogP contribution in [0.15, 0.2) is 30.6 Å². The Hall–Kier alpha value is -2.91. The number of fused-ring (bicyclic) bond motifs is 3. The fourth-order valence-electron chi connectivity index (χ4n) is 5.77. The van der Waals surface area contributed by atoms with Gasteiger partial charge in [0.05, 0.1) is 12.5 Å². The summed E-state index contributed by atoms with van der Waals surface area (Å²) in [5.74, 6) is 1.28. The molecule has 0 aliphatic carbocycles. The van der Waals surface area contributed by atoms with E-state index in [1.54, 1.807) is 0 Å². The molecule has 192 valence electrons. The first-order chi connectivity index (χ1) is 17.3. The van der Waals surface area contributed by atoms with E-state index in [1.165, 1.54) is 6.33 Å². The van der Waals surface area contributed by atoms with Crippen LogP contribution in [0.25, 0.3) is 0 Å². The predicted octanol–water partition coefficient (Wildman–Crippen LogP) is 2.87. The van der Waals surface area contributed by atoms with Gasteiger partial charge in [0.2, 0.25) is 11.8 Å². The first-order valence-corrected chi connectivity index (χ1v) is 13.1. The number of piperazine rings is 1. The Balaban J connectivity index is 1.37. The summed E-state index contributed by atoms with van der Waals surface area (Å²) >= 11 is 6.14. The Morgan fingerprint density at radius 1 is 1.17 bits per heavy atom. The predicted molar refractivity (Wildman–Crippen MR) is 142 cm³/mol. The molecule has 2 fully saturated rings. The van der Waals surface area contributed by atoms with Gasteiger partial charge < -0.3 is 25.3 Å². The number of hydrogen-bond acceptors (Lipinski definition) is 7. The summed E-state index contributed by atoms with van der Waals surface area (Å²) in [6.07, 6.45) is 4.20. The first-order valence-electron chi connectivity index (χ1n) is 12.7. The Labute approximate surface area is 217 Å². The van der Waals surface area contributed by atoms with Gasteiger partial charge in [0.1, 0.15) is 12.0 Å². The highest BCUT2D eigenvalue weighted by atomic mass is 35.5. The molecule has 2 amide bonds. The maximum absolute atomic E-state index is 14.0. The van der Waals surface area contributed by atoms with Crippen molar-refractivity contribution in [2.24, 2.45) is 0 Å². The highest BCUT2D eigenvalue weighted by Gasteiger charge is 2.45. The average Bonchev–Trinajstić information content (AvgIpc) is 3.10. The summed E-state index contributed by atoms with van der Waals surface area (Å²) in [6.45, 7) is 6.71. The van der Waals surface area contributed by atoms with Gasteiger partial charge in [-0.1, -0.05) is 37.6 Å². The molecular weight excluding hydrogens is 478 g/mol. The van der Waals surface area contributed by atoms with Gasteiger partial charge in [-0.25, -0.2) is 9.97 Å². The lowest BCUT2D eigenvalue weighted by Crippen LogP contribution is -2.57. The van der Waals surface area contributed by atoms with Crippen LogP contribution in [0.2, 0.25) is 5.02 Å². The van der Waals surface area contributed by atoms with Gasteiger partial charge in [-0.05, 0) is 43.5 Å². The normalized spacial score (nSPS) is 22.0. The molecule has 0 spiro atoms. The molecule has 9 nitrogen and oxygen atoms in total. The number of halogens is 1. The molecule has 2 N–H and O–H groups in total. The number of carbonyl (C=O) groups is 2. The van der Waals surface area contributed by atoms with Crippen molar-refractivity contribution in [3.05, 3.63) is 41.2 Å². The Morgan fingerprint density at radius 3 is 2.53 bits per heavy atom. The number of benzene rings is 1. The standard InChI is InChI=1S/C26H34ClN7O2/c1-16(2)28-11-10-21(17-4-6-18(27)7-5-17)26(36)34-19-8-9-20(34)13-33(12-19)25-23-24(29-15-30-25)31-22(35)14-32(23)3/h4-7,15-16,19-21,28H,8-14H2,1-3H3,(H,29,30,31,35)/t19?,20?,21-/m1/s1. The lowest BCUT2D eigenvalue weighted by molar-refractivity contribution is -0.136. The second-order valence-electron chi connectivity index (χ2n) is 10.3. The Morgan fingerprint density at radius 2 is 1.86 bits per heavy atom. The minimum absolute atomic E-state index is 0.0784. The zero-order valence-corrected chi connectivity index (χ0v) is 21.8. The zero-order chi connectivity index (χ0) is 25.4. The van der Waals surface area contributed by atoms with E-state index in [4.69, 9.17) is 11.6 Å². The molecule has 2 aromatic rings. The molecule has 4 heterocycles. The molecule has 10 heteroatoms. The number of aromatic nitrogens is 2. The van der Waals surface area contributed by atoms with Crippen LogP contribution >= 0.6 is 11.6 Å². The van der Waals surface area contributed by atoms with Crippen molar-refractivity contribution in [2.75, 3.05) is 48.3 Å². The number of anilines is 3. The molecule has 0 saturated carbocycles. The molecule has 1 aromatic carbocycles. The van der Waals surface area contributed by atoms with Crippen molar-refractivity contribution in [2.45, 2.75) is 57.2 Å². The second kappa shape index (κ2) is 10.2. The van der Waals surface area contributed by atoms with Crippen molar-refractivity contribution in [3.63, 3.8) is 0 Å². The van der Waals surface area contributed by atoms with Crippen molar-refractivity contribution in [1.82, 2.24) is 20.2 Å². The smallest absolute Gasteiger partial charge is 0.245 e. The number of amides is 2. The summed E-state index contributed by atoms with van der Waals surface area (Å²) in [5, 5.41) is 7.00. The van der Waals surface area contributed by atoms with Gasteiger partial charge in [0.15, 0.2) is 11.6 Å². The maximum Gasteiger partial charge on any atom is 0.245 e. The van der Waals surface area contributed by atoms with Gasteiger partial charge in [-0.3, -0.25) is 9.59 Å². The third kappa shape index (κ3) is 4.86. The van der Waals surface area contributed by atoms with Crippen LogP contribution in [-0.2, 0) is 9.59 Å². The molecule has 36 heavy (non-hydrogen) atoms. The fourth-order valence-corrected chi connectivity index (χ4v) is 5.90. The summed E-state index contributed by atoms with van der Waals surface area (Å²) in [5.41, 5.74) is 1.86. The minimum Gasteiger partial charge on any atom is -0.359 e. The Kier molecular flexibility index (Phi) is 7.03. The summed E-state index contributed by atoms with van der Waals surface area (Å²) in [7, 11) is 1.89. The van der Waals surface area contributed by atoms with Gasteiger partial charge in [-0.15, -0.1) is 0 Å². The van der Waals surface area contributed by atoms with Gasteiger partial charge in [-0.2, -0.15) is 0 Å². The van der Waals surface area contributed by atoms with Gasteiger partial charge in [0.25, 0.3) is 0 Å². The number of nitrogens with one attached hydrogen (secondary N) is 2. The van der Waals surface area contributed by atoms with Gasteiger partial charge in [0, 0.05) is 43.3 Å². The highest BCUT2D eigenvalue weighted by Crippen LogP contribution is 2.40. The third-order valence-corrected chi connectivity index (χ3v) is 7.67. The molecule has 1 aromatic heterocycles. The van der Waals surface area contributed by atoms with E-state index < -0.39 is 0 Å². The van der Waals surface area contributed by atoms with Crippen molar-refractivity contribution in [1.29, 1.82) is 0 Å². The second-order valence-corrected chi connectivity index (χ2v) is 10.8. The zero-order valence-electron chi connectivity index (χ0n) is 21.1. The van der Waals surface area contributed by atoms with Crippen LogP contribution < -0.4 is 20.4 Å². The van der Waals surface area contributed by atoms with E-state index in [0.717, 1.165) is 42.9 Å². The van der Waals surface area contributed by atoms with Crippen LogP contribution in [0.5, 0.6) is 0 Å². The molecule has 2 bridgehead atoms. The van der Waals surface area contributed by atoms with Gasteiger partial charge >= 0.3 is 0 Å². The van der Waals surface area contributed by atoms with E-state index in [2.05, 4.69) is 44.2 Å². The van der Waals surface area contributed by atoms with E-state index in [9.17, 15) is 9.59 Å². The van der Waals surface area contributed by atoms with Crippen molar-refractivity contribution < 1.29 is 9.59 Å².